The van der Waals surface area contributed by atoms with Gasteiger partial charge in [0, 0.05) is 76.4 Å². The van der Waals surface area contributed by atoms with Crippen molar-refractivity contribution in [2.45, 2.75) is 6.92 Å². The van der Waals surface area contributed by atoms with Crippen molar-refractivity contribution >= 4 is 122 Å². The zero-order chi connectivity index (χ0) is 67.8. The third-order valence-electron chi connectivity index (χ3n) is 20.1. The van der Waals surface area contributed by atoms with Gasteiger partial charge in [-0.05, 0) is 226 Å². The molecule has 0 unspecified atom stereocenters. The molecule has 4 heteroatoms. The Morgan fingerprint density at radius 2 is 0.495 bits per heavy atom. The van der Waals surface area contributed by atoms with E-state index in [1.807, 2.05) is 0 Å². The molecule has 0 saturated heterocycles. The molecule has 0 bridgehead atoms. The maximum absolute atomic E-state index is 2.36. The van der Waals surface area contributed by atoms with E-state index in [0.29, 0.717) is 0 Å². The Labute approximate surface area is 590 Å². The van der Waals surface area contributed by atoms with Crippen molar-refractivity contribution < 1.29 is 0 Å². The Morgan fingerprint density at radius 1 is 0.178 bits per heavy atom. The minimum absolute atomic E-state index is 1.11. The standard InChI is InChI=1S/C55H38N2.C42H34N2/c1-56(53-34-33-51-49-20-9-16-41-15-8-19-48(54(41)49)50-21-10-22-52(53)55(50)51)44-28-23-39(24-29-44)40-25-30-45(31-26-40)57(47-32-27-38-13-5-6-14-42(38)36-47)46-18-7-17-43(35-46)37-11-3-2-4-12-37;1-31-15-22-38(23-16-31)43(2)39-24-17-34(18-25-39)35-19-26-40(27-20-35)44(42-28-21-33-11-6-7-12-36(33)30-42)41-14-8-13-37(29-41)32-9-4-3-5-10-32/h2-36H,1H3;3-30H,1-2H3. The predicted octanol–water partition coefficient (Wildman–Crippen LogP) is 27.2. The SMILES string of the molecule is CN(c1ccc(-c2ccc(N(c3cccc(-c4ccccc4)c3)c3ccc4ccccc4c3)cc2)cc1)c1ccc2c3cccc4cccc(c5cccc1c52)c43.Cc1ccc(N(C)c2ccc(-c3ccc(N(c4cccc(-c5ccccc5)c4)c4ccc5ccccc5c4)cc3)cc2)cc1. The van der Waals surface area contributed by atoms with E-state index in [1.165, 1.54) is 126 Å². The second-order valence-corrected chi connectivity index (χ2v) is 26.3. The van der Waals surface area contributed by atoms with Crippen LogP contribution in [0.4, 0.5) is 56.9 Å². The highest BCUT2D eigenvalue weighted by atomic mass is 15.1. The van der Waals surface area contributed by atoms with Crippen molar-refractivity contribution in [1.82, 2.24) is 0 Å². The number of hydrogen-bond acceptors (Lipinski definition) is 4. The summed E-state index contributed by atoms with van der Waals surface area (Å²) < 4.78 is 0. The van der Waals surface area contributed by atoms with Crippen LogP contribution in [0.15, 0.2) is 382 Å². The van der Waals surface area contributed by atoms with Gasteiger partial charge >= 0.3 is 0 Å². The number of rotatable bonds is 14. The molecule has 18 aromatic carbocycles. The molecule has 0 atom stereocenters. The summed E-state index contributed by atoms with van der Waals surface area (Å²) in [5, 5.41) is 15.4. The van der Waals surface area contributed by atoms with Crippen molar-refractivity contribution in [2.75, 3.05) is 33.7 Å². The summed E-state index contributed by atoms with van der Waals surface area (Å²) in [4.78, 5) is 9.25. The molecule has 0 fully saturated rings. The number of benzene rings is 18. The largest absolute Gasteiger partial charge is 0.345 e. The molecule has 480 valence electrons. The average Bonchev–Trinajstić information content (AvgIpc) is 0.717. The first-order chi connectivity index (χ1) is 49.8. The summed E-state index contributed by atoms with van der Waals surface area (Å²) in [7, 11) is 4.29. The molecular formula is C97H72N4. The molecule has 0 aliphatic rings. The third-order valence-corrected chi connectivity index (χ3v) is 20.1. The van der Waals surface area contributed by atoms with Gasteiger partial charge in [-0.3, -0.25) is 0 Å². The van der Waals surface area contributed by atoms with Crippen LogP contribution in [0, 0.1) is 6.92 Å². The number of anilines is 10. The summed E-state index contributed by atoms with van der Waals surface area (Å²) >= 11 is 0. The molecule has 4 nitrogen and oxygen atoms in total. The zero-order valence-electron chi connectivity index (χ0n) is 56.7. The van der Waals surface area contributed by atoms with E-state index in [9.17, 15) is 0 Å². The monoisotopic (exact) mass is 1290 g/mol. The van der Waals surface area contributed by atoms with Gasteiger partial charge < -0.3 is 19.6 Å². The Morgan fingerprint density at radius 3 is 0.960 bits per heavy atom. The first kappa shape index (κ1) is 61.6. The van der Waals surface area contributed by atoms with Crippen LogP contribution in [0.5, 0.6) is 0 Å². The Bertz CT molecular complexity index is 5920. The number of nitrogens with zero attached hydrogens (tertiary/aromatic N) is 4. The predicted molar refractivity (Wildman–Crippen MR) is 434 cm³/mol. The molecule has 18 rings (SSSR count). The molecule has 101 heavy (non-hydrogen) atoms. The van der Waals surface area contributed by atoms with E-state index in [-0.39, 0.29) is 0 Å². The van der Waals surface area contributed by atoms with Crippen molar-refractivity contribution in [3.63, 3.8) is 0 Å². The van der Waals surface area contributed by atoms with E-state index in [4.69, 9.17) is 0 Å². The van der Waals surface area contributed by atoms with Gasteiger partial charge in [0.1, 0.15) is 0 Å². The van der Waals surface area contributed by atoms with Crippen LogP contribution in [0.3, 0.4) is 0 Å². The normalized spacial score (nSPS) is 11.3. The summed E-state index contributed by atoms with van der Waals surface area (Å²) in [5.41, 5.74) is 22.2. The van der Waals surface area contributed by atoms with Crippen LogP contribution in [-0.2, 0) is 0 Å². The molecule has 0 aliphatic heterocycles. The highest BCUT2D eigenvalue weighted by Crippen LogP contribution is 2.46. The van der Waals surface area contributed by atoms with Gasteiger partial charge in [-0.25, -0.2) is 0 Å². The first-order valence-corrected chi connectivity index (χ1v) is 34.7. The smallest absolute Gasteiger partial charge is 0.0488 e. The van der Waals surface area contributed by atoms with Crippen molar-refractivity contribution in [2.24, 2.45) is 0 Å². The molecule has 0 radical (unpaired) electrons. The van der Waals surface area contributed by atoms with E-state index in [1.54, 1.807) is 0 Å². The summed E-state index contributed by atoms with van der Waals surface area (Å²) in [6.07, 6.45) is 0. The molecule has 18 aromatic rings. The molecule has 0 amide bonds. The van der Waals surface area contributed by atoms with Crippen molar-refractivity contribution in [3.8, 4) is 44.5 Å². The van der Waals surface area contributed by atoms with Crippen molar-refractivity contribution in [1.29, 1.82) is 0 Å². The second kappa shape index (κ2) is 26.8. The van der Waals surface area contributed by atoms with E-state index < -0.39 is 0 Å². The van der Waals surface area contributed by atoms with Crippen LogP contribution in [-0.4, -0.2) is 14.1 Å². The minimum Gasteiger partial charge on any atom is -0.345 e. The highest BCUT2D eigenvalue weighted by molar-refractivity contribution is 6.34. The number of fused-ring (bicyclic) bond motifs is 4. The van der Waals surface area contributed by atoms with Gasteiger partial charge in [0.25, 0.3) is 0 Å². The van der Waals surface area contributed by atoms with Crippen LogP contribution in [0.25, 0.3) is 109 Å². The Hall–Kier alpha value is -13.0. The van der Waals surface area contributed by atoms with Crippen LogP contribution in [0.2, 0.25) is 0 Å². The minimum atomic E-state index is 1.11. The lowest BCUT2D eigenvalue weighted by Crippen LogP contribution is -2.10. The number of aryl methyl sites for hydroxylation is 1. The van der Waals surface area contributed by atoms with Gasteiger partial charge in [0.05, 0.1) is 0 Å². The van der Waals surface area contributed by atoms with Crippen LogP contribution < -0.4 is 19.6 Å². The Balaban J connectivity index is 0.000000156. The zero-order valence-corrected chi connectivity index (χ0v) is 56.7. The quantitative estimate of drug-likeness (QED) is 0.0795. The molecule has 0 aromatic heterocycles. The molecule has 0 aliphatic carbocycles. The van der Waals surface area contributed by atoms with Gasteiger partial charge in [-0.15, -0.1) is 0 Å². The van der Waals surface area contributed by atoms with Gasteiger partial charge in [-0.2, -0.15) is 0 Å². The summed E-state index contributed by atoms with van der Waals surface area (Å²) in [6.45, 7) is 2.12. The topological polar surface area (TPSA) is 13.0 Å². The third kappa shape index (κ3) is 12.1. The molecule has 0 spiro atoms. The van der Waals surface area contributed by atoms with E-state index in [0.717, 1.165) is 45.5 Å². The van der Waals surface area contributed by atoms with E-state index >= 15 is 0 Å². The van der Waals surface area contributed by atoms with Gasteiger partial charge in [-0.1, -0.05) is 272 Å². The molecule has 0 N–H and O–H groups in total. The molecule has 0 heterocycles. The lowest BCUT2D eigenvalue weighted by atomic mass is 9.89. The van der Waals surface area contributed by atoms with E-state index in [2.05, 4.69) is 423 Å². The maximum Gasteiger partial charge on any atom is 0.0488 e. The van der Waals surface area contributed by atoms with Crippen LogP contribution in [0.1, 0.15) is 5.56 Å². The van der Waals surface area contributed by atoms with Crippen molar-refractivity contribution in [3.05, 3.63) is 388 Å². The molecular weight excluding hydrogens is 1220 g/mol. The first-order valence-electron chi connectivity index (χ1n) is 34.7. The average molecular weight is 1290 g/mol. The fraction of sp³-hybridized carbons (Fsp3) is 0.0309. The van der Waals surface area contributed by atoms with Gasteiger partial charge in [0.15, 0.2) is 0 Å². The molecule has 0 saturated carbocycles. The van der Waals surface area contributed by atoms with Crippen LogP contribution >= 0.6 is 0 Å². The maximum atomic E-state index is 2.36. The fourth-order valence-corrected chi connectivity index (χ4v) is 14.8. The lowest BCUT2D eigenvalue weighted by Gasteiger charge is -2.26. The van der Waals surface area contributed by atoms with Gasteiger partial charge in [0.2, 0.25) is 0 Å². The fourth-order valence-electron chi connectivity index (χ4n) is 14.8. The number of hydrogen-bond donors (Lipinski definition) is 0. The summed E-state index contributed by atoms with van der Waals surface area (Å²) in [5.74, 6) is 0. The highest BCUT2D eigenvalue weighted by Gasteiger charge is 2.20. The summed E-state index contributed by atoms with van der Waals surface area (Å²) in [6, 6.07) is 138. The lowest BCUT2D eigenvalue weighted by molar-refractivity contribution is 1.20. The Kier molecular flexibility index (Phi) is 16.3. The second-order valence-electron chi connectivity index (χ2n) is 26.3.